The van der Waals surface area contributed by atoms with Crippen LogP contribution in [0.3, 0.4) is 0 Å². The lowest BCUT2D eigenvalue weighted by Gasteiger charge is -2.08. The van der Waals surface area contributed by atoms with Crippen LogP contribution in [0.15, 0.2) is 60.9 Å². The standard InChI is InChI=1S/C17H14FN3O2/c18-13-2-1-3-15(10-13)23-11-16(22)21-14-6-4-12(5-7-14)17-19-8-9-20-17/h1-10H,11H2,(H,19,20)(H,21,22). The molecule has 23 heavy (non-hydrogen) atoms. The highest BCUT2D eigenvalue weighted by molar-refractivity contribution is 5.92. The fourth-order valence-electron chi connectivity index (χ4n) is 2.04. The number of rotatable bonds is 5. The van der Waals surface area contributed by atoms with Crippen LogP contribution in [0.4, 0.5) is 10.1 Å². The Labute approximate surface area is 132 Å². The molecular weight excluding hydrogens is 297 g/mol. The zero-order chi connectivity index (χ0) is 16.1. The molecule has 1 heterocycles. The van der Waals surface area contributed by atoms with Gasteiger partial charge in [-0.25, -0.2) is 9.37 Å². The van der Waals surface area contributed by atoms with Gasteiger partial charge in [0.25, 0.3) is 5.91 Å². The molecule has 2 aromatic carbocycles. The predicted octanol–water partition coefficient (Wildman–Crippen LogP) is 3.23. The van der Waals surface area contributed by atoms with Gasteiger partial charge in [-0.15, -0.1) is 0 Å². The number of halogens is 1. The number of imidazole rings is 1. The van der Waals surface area contributed by atoms with Crippen molar-refractivity contribution < 1.29 is 13.9 Å². The molecule has 2 N–H and O–H groups in total. The first-order chi connectivity index (χ1) is 11.2. The van der Waals surface area contributed by atoms with E-state index in [-0.39, 0.29) is 12.5 Å². The molecule has 0 fully saturated rings. The highest BCUT2D eigenvalue weighted by atomic mass is 19.1. The number of hydrogen-bond acceptors (Lipinski definition) is 3. The summed E-state index contributed by atoms with van der Waals surface area (Å²) in [4.78, 5) is 19.0. The molecule has 1 aromatic heterocycles. The predicted molar refractivity (Wildman–Crippen MR) is 84.5 cm³/mol. The number of aromatic nitrogens is 2. The molecular formula is C17H14FN3O2. The van der Waals surface area contributed by atoms with Crippen molar-refractivity contribution in [2.75, 3.05) is 11.9 Å². The fourth-order valence-corrected chi connectivity index (χ4v) is 2.04. The van der Waals surface area contributed by atoms with Gasteiger partial charge < -0.3 is 15.0 Å². The van der Waals surface area contributed by atoms with Gasteiger partial charge in [-0.2, -0.15) is 0 Å². The summed E-state index contributed by atoms with van der Waals surface area (Å²) >= 11 is 0. The van der Waals surface area contributed by atoms with Crippen LogP contribution in [0.1, 0.15) is 0 Å². The molecule has 3 aromatic rings. The molecule has 3 rings (SSSR count). The van der Waals surface area contributed by atoms with Gasteiger partial charge in [-0.05, 0) is 36.4 Å². The molecule has 0 spiro atoms. The van der Waals surface area contributed by atoms with E-state index in [4.69, 9.17) is 4.74 Å². The molecule has 116 valence electrons. The summed E-state index contributed by atoms with van der Waals surface area (Å²) in [7, 11) is 0. The second-order valence-corrected chi connectivity index (χ2v) is 4.81. The molecule has 0 radical (unpaired) electrons. The third kappa shape index (κ3) is 3.94. The number of benzene rings is 2. The van der Waals surface area contributed by atoms with Gasteiger partial charge >= 0.3 is 0 Å². The van der Waals surface area contributed by atoms with Gasteiger partial charge in [0.1, 0.15) is 17.4 Å². The number of carbonyl (C=O) groups excluding carboxylic acids is 1. The Morgan fingerprint density at radius 2 is 2.04 bits per heavy atom. The Morgan fingerprint density at radius 3 is 2.74 bits per heavy atom. The van der Waals surface area contributed by atoms with Crippen LogP contribution in [0.25, 0.3) is 11.4 Å². The minimum absolute atomic E-state index is 0.191. The number of carbonyl (C=O) groups is 1. The third-order valence-corrected chi connectivity index (χ3v) is 3.11. The molecule has 6 heteroatoms. The number of amides is 1. The van der Waals surface area contributed by atoms with Crippen molar-refractivity contribution >= 4 is 11.6 Å². The number of H-pyrrole nitrogens is 1. The van der Waals surface area contributed by atoms with Crippen molar-refractivity contribution in [3.8, 4) is 17.1 Å². The van der Waals surface area contributed by atoms with Crippen molar-refractivity contribution in [3.05, 3.63) is 66.7 Å². The van der Waals surface area contributed by atoms with Gasteiger partial charge in [0.2, 0.25) is 0 Å². The maximum Gasteiger partial charge on any atom is 0.262 e. The van der Waals surface area contributed by atoms with Crippen LogP contribution in [0.5, 0.6) is 5.75 Å². The van der Waals surface area contributed by atoms with Gasteiger partial charge in [-0.1, -0.05) is 6.07 Å². The Morgan fingerprint density at radius 1 is 1.22 bits per heavy atom. The molecule has 0 aliphatic rings. The zero-order valence-electron chi connectivity index (χ0n) is 12.1. The van der Waals surface area contributed by atoms with Crippen molar-refractivity contribution in [2.45, 2.75) is 0 Å². The van der Waals surface area contributed by atoms with Crippen LogP contribution in [0.2, 0.25) is 0 Å². The summed E-state index contributed by atoms with van der Waals surface area (Å²) in [5.41, 5.74) is 1.57. The molecule has 0 aliphatic heterocycles. The molecule has 0 unspecified atom stereocenters. The summed E-state index contributed by atoms with van der Waals surface area (Å²) in [5.74, 6) is 0.349. The Balaban J connectivity index is 1.55. The number of aromatic amines is 1. The number of nitrogens with zero attached hydrogens (tertiary/aromatic N) is 1. The lowest BCUT2D eigenvalue weighted by atomic mass is 10.2. The number of anilines is 1. The van der Waals surface area contributed by atoms with Crippen molar-refractivity contribution in [1.82, 2.24) is 9.97 Å². The van der Waals surface area contributed by atoms with Crippen LogP contribution in [-0.2, 0) is 4.79 Å². The van der Waals surface area contributed by atoms with E-state index in [1.807, 2.05) is 12.1 Å². The quantitative estimate of drug-likeness (QED) is 0.760. The summed E-state index contributed by atoms with van der Waals surface area (Å²) in [6.07, 6.45) is 3.42. The highest BCUT2D eigenvalue weighted by Crippen LogP contribution is 2.17. The lowest BCUT2D eigenvalue weighted by molar-refractivity contribution is -0.118. The van der Waals surface area contributed by atoms with E-state index in [2.05, 4.69) is 15.3 Å². The molecule has 0 saturated heterocycles. The van der Waals surface area contributed by atoms with Crippen molar-refractivity contribution in [3.63, 3.8) is 0 Å². The Hall–Kier alpha value is -3.15. The minimum Gasteiger partial charge on any atom is -0.484 e. The van der Waals surface area contributed by atoms with E-state index in [9.17, 15) is 9.18 Å². The third-order valence-electron chi connectivity index (χ3n) is 3.11. The monoisotopic (exact) mass is 311 g/mol. The van der Waals surface area contributed by atoms with Gasteiger partial charge in [0.15, 0.2) is 6.61 Å². The normalized spacial score (nSPS) is 10.3. The average Bonchev–Trinajstić information content (AvgIpc) is 3.08. The fraction of sp³-hybridized carbons (Fsp3) is 0.0588. The zero-order valence-corrected chi connectivity index (χ0v) is 12.1. The Kier molecular flexibility index (Phi) is 4.33. The average molecular weight is 311 g/mol. The summed E-state index contributed by atoms with van der Waals surface area (Å²) < 4.78 is 18.2. The summed E-state index contributed by atoms with van der Waals surface area (Å²) in [5, 5.41) is 2.71. The Bertz CT molecular complexity index is 786. The van der Waals surface area contributed by atoms with E-state index in [0.29, 0.717) is 11.4 Å². The van der Waals surface area contributed by atoms with Crippen LogP contribution in [0, 0.1) is 5.82 Å². The van der Waals surface area contributed by atoms with Crippen LogP contribution >= 0.6 is 0 Å². The molecule has 0 atom stereocenters. The van der Waals surface area contributed by atoms with E-state index >= 15 is 0 Å². The molecule has 0 saturated carbocycles. The first-order valence-corrected chi connectivity index (χ1v) is 6.99. The second-order valence-electron chi connectivity index (χ2n) is 4.81. The largest absolute Gasteiger partial charge is 0.484 e. The topological polar surface area (TPSA) is 67.0 Å². The SMILES string of the molecule is O=C(COc1cccc(F)c1)Nc1ccc(-c2ncc[nH]2)cc1. The van der Waals surface area contributed by atoms with Gasteiger partial charge in [-0.3, -0.25) is 4.79 Å². The molecule has 1 amide bonds. The maximum absolute atomic E-state index is 13.0. The smallest absolute Gasteiger partial charge is 0.262 e. The van der Waals surface area contributed by atoms with E-state index in [0.717, 1.165) is 11.4 Å². The molecule has 0 bridgehead atoms. The van der Waals surface area contributed by atoms with E-state index in [1.54, 1.807) is 30.6 Å². The van der Waals surface area contributed by atoms with Crippen molar-refractivity contribution in [2.24, 2.45) is 0 Å². The minimum atomic E-state index is -0.406. The van der Waals surface area contributed by atoms with E-state index in [1.165, 1.54) is 18.2 Å². The lowest BCUT2D eigenvalue weighted by Crippen LogP contribution is -2.20. The van der Waals surface area contributed by atoms with Crippen molar-refractivity contribution in [1.29, 1.82) is 0 Å². The molecule has 5 nitrogen and oxygen atoms in total. The first-order valence-electron chi connectivity index (χ1n) is 6.99. The second kappa shape index (κ2) is 6.74. The number of ether oxygens (including phenoxy) is 1. The summed E-state index contributed by atoms with van der Waals surface area (Å²) in [6, 6.07) is 12.9. The highest BCUT2D eigenvalue weighted by Gasteiger charge is 2.05. The first kappa shape index (κ1) is 14.8. The van der Waals surface area contributed by atoms with E-state index < -0.39 is 5.82 Å². The number of nitrogens with one attached hydrogen (secondary N) is 2. The molecule has 0 aliphatic carbocycles. The van der Waals surface area contributed by atoms with Gasteiger partial charge in [0, 0.05) is 29.7 Å². The van der Waals surface area contributed by atoms with Crippen LogP contribution < -0.4 is 10.1 Å². The van der Waals surface area contributed by atoms with Gasteiger partial charge in [0.05, 0.1) is 0 Å². The summed E-state index contributed by atoms with van der Waals surface area (Å²) in [6.45, 7) is -0.191. The number of hydrogen-bond donors (Lipinski definition) is 2. The van der Waals surface area contributed by atoms with Crippen LogP contribution in [-0.4, -0.2) is 22.5 Å². The maximum atomic E-state index is 13.0.